The van der Waals surface area contributed by atoms with E-state index in [2.05, 4.69) is 4.98 Å². The van der Waals surface area contributed by atoms with Crippen molar-refractivity contribution >= 4 is 39.0 Å². The van der Waals surface area contributed by atoms with Crippen molar-refractivity contribution in [2.75, 3.05) is 50.9 Å². The summed E-state index contributed by atoms with van der Waals surface area (Å²) in [5.74, 6) is -0.413. The Kier molecular flexibility index (Phi) is 6.98. The third-order valence-corrected chi connectivity index (χ3v) is 8.07. The van der Waals surface area contributed by atoms with Crippen LogP contribution in [0.15, 0.2) is 59.6 Å². The summed E-state index contributed by atoms with van der Waals surface area (Å²) in [6.45, 7) is 1.07. The lowest BCUT2D eigenvalue weighted by Gasteiger charge is -2.35. The molecule has 1 fully saturated rings. The predicted octanol–water partition coefficient (Wildman–Crippen LogP) is 3.34. The van der Waals surface area contributed by atoms with Crippen molar-refractivity contribution in [2.24, 2.45) is 0 Å². The molecule has 0 spiro atoms. The summed E-state index contributed by atoms with van der Waals surface area (Å²) in [5, 5.41) is 0.330. The van der Waals surface area contributed by atoms with Crippen molar-refractivity contribution < 1.29 is 17.6 Å². The molecule has 0 saturated carbocycles. The molecule has 0 aliphatic carbocycles. The lowest BCUT2D eigenvalue weighted by molar-refractivity contribution is 0.0828. The molecular weight excluding hydrogens is 493 g/mol. The molecule has 35 heavy (non-hydrogen) atoms. The standard InChI is InChI=1S/C24H25ClFN5O3S/c1-29(2)24(32)18-8-7-16(13-19(18)25)17-14-21(27)23(28-15-17)30-9-11-31(12-10-30)35(33,34)22-6-4-3-5-20(22)26/h3-8,13-15H,9-12,27H2,1-2H3. The van der Waals surface area contributed by atoms with Gasteiger partial charge in [-0.15, -0.1) is 0 Å². The van der Waals surface area contributed by atoms with E-state index in [1.54, 1.807) is 44.6 Å². The van der Waals surface area contributed by atoms with E-state index in [9.17, 15) is 17.6 Å². The molecular formula is C24H25ClFN5O3S. The van der Waals surface area contributed by atoms with Crippen molar-refractivity contribution in [2.45, 2.75) is 4.90 Å². The molecule has 0 bridgehead atoms. The number of nitrogens with zero attached hydrogens (tertiary/aromatic N) is 4. The minimum absolute atomic E-state index is 0.177. The first-order chi connectivity index (χ1) is 16.6. The van der Waals surface area contributed by atoms with Crippen LogP contribution in [0.1, 0.15) is 10.4 Å². The number of carbonyl (C=O) groups excluding carboxylic acids is 1. The van der Waals surface area contributed by atoms with Crippen LogP contribution >= 0.6 is 11.6 Å². The zero-order valence-electron chi connectivity index (χ0n) is 19.3. The van der Waals surface area contributed by atoms with E-state index >= 15 is 0 Å². The van der Waals surface area contributed by atoms with Gasteiger partial charge in [0.05, 0.1) is 16.3 Å². The Labute approximate surface area is 208 Å². The van der Waals surface area contributed by atoms with Crippen LogP contribution in [0.5, 0.6) is 0 Å². The van der Waals surface area contributed by atoms with Crippen LogP contribution < -0.4 is 10.6 Å². The smallest absolute Gasteiger partial charge is 0.254 e. The van der Waals surface area contributed by atoms with Crippen LogP contribution in [-0.4, -0.2) is 68.8 Å². The molecule has 1 amide bonds. The second-order valence-electron chi connectivity index (χ2n) is 8.35. The highest BCUT2D eigenvalue weighted by Crippen LogP contribution is 2.31. The molecule has 2 N–H and O–H groups in total. The maximum Gasteiger partial charge on any atom is 0.254 e. The molecule has 1 aliphatic rings. The normalized spacial score (nSPS) is 14.7. The molecule has 184 valence electrons. The van der Waals surface area contributed by atoms with Crippen molar-refractivity contribution in [3.8, 4) is 11.1 Å². The zero-order chi connectivity index (χ0) is 25.3. The fourth-order valence-corrected chi connectivity index (χ4v) is 5.69. The maximum absolute atomic E-state index is 14.1. The number of sulfonamides is 1. The van der Waals surface area contributed by atoms with E-state index in [0.29, 0.717) is 35.2 Å². The third kappa shape index (κ3) is 4.95. The van der Waals surface area contributed by atoms with Gasteiger partial charge >= 0.3 is 0 Å². The number of rotatable bonds is 5. The molecule has 0 radical (unpaired) electrons. The number of aromatic nitrogens is 1. The summed E-state index contributed by atoms with van der Waals surface area (Å²) < 4.78 is 41.0. The number of benzene rings is 2. The van der Waals surface area contributed by atoms with E-state index in [4.69, 9.17) is 17.3 Å². The minimum Gasteiger partial charge on any atom is -0.396 e. The van der Waals surface area contributed by atoms with Crippen LogP contribution in [0.2, 0.25) is 5.02 Å². The topological polar surface area (TPSA) is 99.8 Å². The lowest BCUT2D eigenvalue weighted by Crippen LogP contribution is -2.49. The van der Waals surface area contributed by atoms with E-state index in [-0.39, 0.29) is 23.9 Å². The summed E-state index contributed by atoms with van der Waals surface area (Å²) in [6.07, 6.45) is 1.66. The van der Waals surface area contributed by atoms with Gasteiger partial charge in [-0.05, 0) is 35.9 Å². The van der Waals surface area contributed by atoms with Gasteiger partial charge in [0.2, 0.25) is 10.0 Å². The number of nitrogen functional groups attached to an aromatic ring is 1. The average molecular weight is 518 g/mol. The Hall–Kier alpha value is -3.21. The average Bonchev–Trinajstić information content (AvgIpc) is 2.83. The van der Waals surface area contributed by atoms with Gasteiger partial charge in [-0.25, -0.2) is 17.8 Å². The molecule has 1 aromatic heterocycles. The number of nitrogens with two attached hydrogens (primary N) is 1. The van der Waals surface area contributed by atoms with Crippen LogP contribution in [-0.2, 0) is 10.0 Å². The highest BCUT2D eigenvalue weighted by atomic mass is 35.5. The summed E-state index contributed by atoms with van der Waals surface area (Å²) >= 11 is 6.33. The molecule has 4 rings (SSSR count). The first-order valence-corrected chi connectivity index (χ1v) is 12.7. The molecule has 2 heterocycles. The first-order valence-electron chi connectivity index (χ1n) is 10.9. The summed E-state index contributed by atoms with van der Waals surface area (Å²) in [6, 6.07) is 12.3. The maximum atomic E-state index is 14.1. The molecule has 11 heteroatoms. The number of amides is 1. The van der Waals surface area contributed by atoms with Crippen LogP contribution in [0, 0.1) is 5.82 Å². The number of piperazine rings is 1. The molecule has 0 atom stereocenters. The van der Waals surface area contributed by atoms with Gasteiger partial charge in [-0.1, -0.05) is 29.8 Å². The molecule has 2 aromatic carbocycles. The Balaban J connectivity index is 1.49. The molecule has 3 aromatic rings. The largest absolute Gasteiger partial charge is 0.396 e. The quantitative estimate of drug-likeness (QED) is 0.557. The van der Waals surface area contributed by atoms with Crippen molar-refractivity contribution in [1.82, 2.24) is 14.2 Å². The zero-order valence-corrected chi connectivity index (χ0v) is 20.9. The number of carbonyl (C=O) groups is 1. The van der Waals surface area contributed by atoms with Crippen LogP contribution in [0.25, 0.3) is 11.1 Å². The summed E-state index contributed by atoms with van der Waals surface area (Å²) in [5.41, 5.74) is 8.62. The van der Waals surface area contributed by atoms with Gasteiger partial charge in [0.15, 0.2) is 5.82 Å². The van der Waals surface area contributed by atoms with E-state index in [1.165, 1.54) is 27.4 Å². The van der Waals surface area contributed by atoms with E-state index in [0.717, 1.165) is 17.2 Å². The second-order valence-corrected chi connectivity index (χ2v) is 10.7. The van der Waals surface area contributed by atoms with E-state index < -0.39 is 15.8 Å². The van der Waals surface area contributed by atoms with Crippen LogP contribution in [0.4, 0.5) is 15.9 Å². The van der Waals surface area contributed by atoms with Crippen molar-refractivity contribution in [3.63, 3.8) is 0 Å². The van der Waals surface area contributed by atoms with Gasteiger partial charge in [-0.3, -0.25) is 4.79 Å². The fraction of sp³-hybridized carbons (Fsp3) is 0.250. The monoisotopic (exact) mass is 517 g/mol. The Morgan fingerprint density at radius 2 is 1.74 bits per heavy atom. The van der Waals surface area contributed by atoms with Gasteiger partial charge in [0.25, 0.3) is 5.91 Å². The summed E-state index contributed by atoms with van der Waals surface area (Å²) in [7, 11) is -0.614. The minimum atomic E-state index is -3.93. The van der Waals surface area contributed by atoms with Gasteiger partial charge in [0.1, 0.15) is 10.7 Å². The predicted molar refractivity (Wildman–Crippen MR) is 134 cm³/mol. The second kappa shape index (κ2) is 9.80. The molecule has 1 aliphatic heterocycles. The Morgan fingerprint density at radius 1 is 1.06 bits per heavy atom. The van der Waals surface area contributed by atoms with Gasteiger partial charge in [-0.2, -0.15) is 4.31 Å². The number of halogens is 2. The number of anilines is 2. The lowest BCUT2D eigenvalue weighted by atomic mass is 10.0. The SMILES string of the molecule is CN(C)C(=O)c1ccc(-c2cnc(N3CCN(S(=O)(=O)c4ccccc4F)CC3)c(N)c2)cc1Cl. The Morgan fingerprint density at radius 3 is 2.34 bits per heavy atom. The third-order valence-electron chi connectivity index (χ3n) is 5.83. The van der Waals surface area contributed by atoms with Gasteiger partial charge < -0.3 is 15.5 Å². The van der Waals surface area contributed by atoms with E-state index in [1.807, 2.05) is 4.90 Å². The Bertz CT molecular complexity index is 1380. The highest BCUT2D eigenvalue weighted by Gasteiger charge is 2.31. The van der Waals surface area contributed by atoms with Crippen molar-refractivity contribution in [3.05, 3.63) is 71.1 Å². The molecule has 0 unspecified atom stereocenters. The number of pyridine rings is 1. The molecule has 8 nitrogen and oxygen atoms in total. The summed E-state index contributed by atoms with van der Waals surface area (Å²) in [4.78, 5) is 19.8. The fourth-order valence-electron chi connectivity index (χ4n) is 3.94. The van der Waals surface area contributed by atoms with Gasteiger partial charge in [0, 0.05) is 52.0 Å². The van der Waals surface area contributed by atoms with Crippen LogP contribution in [0.3, 0.4) is 0 Å². The molecule has 1 saturated heterocycles. The number of hydrogen-bond donors (Lipinski definition) is 1. The number of hydrogen-bond acceptors (Lipinski definition) is 6. The highest BCUT2D eigenvalue weighted by molar-refractivity contribution is 7.89. The first kappa shape index (κ1) is 24.9. The van der Waals surface area contributed by atoms with Crippen molar-refractivity contribution in [1.29, 1.82) is 0 Å².